The van der Waals surface area contributed by atoms with Crippen molar-refractivity contribution in [3.63, 3.8) is 0 Å². The number of hydrogen-bond donors (Lipinski definition) is 1. The van der Waals surface area contributed by atoms with Gasteiger partial charge < -0.3 is 19.4 Å². The molecule has 0 radical (unpaired) electrons. The predicted octanol–water partition coefficient (Wildman–Crippen LogP) is 3.45. The van der Waals surface area contributed by atoms with Crippen LogP contribution in [0.5, 0.6) is 5.75 Å². The van der Waals surface area contributed by atoms with Crippen molar-refractivity contribution in [2.45, 2.75) is 38.7 Å². The largest absolute Gasteiger partial charge is 0.486 e. The maximum atomic E-state index is 13.2. The van der Waals surface area contributed by atoms with E-state index in [1.807, 2.05) is 46.2 Å². The lowest BCUT2D eigenvalue weighted by molar-refractivity contribution is -0.126. The van der Waals surface area contributed by atoms with Gasteiger partial charge in [0.05, 0.1) is 18.5 Å². The van der Waals surface area contributed by atoms with Crippen molar-refractivity contribution in [1.82, 2.24) is 10.2 Å². The number of rotatable bonds is 5. The summed E-state index contributed by atoms with van der Waals surface area (Å²) in [5.74, 6) is 1.64. The summed E-state index contributed by atoms with van der Waals surface area (Å²) in [5.41, 5.74) is 0.824. The molecular weight excluding hydrogens is 382 g/mol. The van der Waals surface area contributed by atoms with Gasteiger partial charge in [-0.2, -0.15) is 0 Å². The van der Waals surface area contributed by atoms with Crippen molar-refractivity contribution >= 4 is 17.6 Å². The van der Waals surface area contributed by atoms with Crippen LogP contribution in [-0.4, -0.2) is 49.1 Å². The predicted molar refractivity (Wildman–Crippen MR) is 114 cm³/mol. The molecule has 0 unspecified atom stereocenters. The summed E-state index contributed by atoms with van der Waals surface area (Å²) in [6, 6.07) is 11.4. The Labute approximate surface area is 177 Å². The lowest BCUT2D eigenvalue weighted by Gasteiger charge is -2.39. The van der Waals surface area contributed by atoms with Gasteiger partial charge in [0.25, 0.3) is 0 Å². The average molecular weight is 412 g/mol. The molecular formula is C23H29N3O4. The van der Waals surface area contributed by atoms with Gasteiger partial charge >= 0.3 is 6.03 Å². The van der Waals surface area contributed by atoms with Crippen LogP contribution in [0.1, 0.15) is 31.9 Å². The van der Waals surface area contributed by atoms with Gasteiger partial charge in [-0.1, -0.05) is 19.1 Å². The van der Waals surface area contributed by atoms with Crippen molar-refractivity contribution < 1.29 is 18.7 Å². The number of ether oxygens (including phenoxy) is 1. The molecule has 3 amide bonds. The number of hydrogen-bond acceptors (Lipinski definition) is 4. The maximum Gasteiger partial charge on any atom is 0.324 e. The molecule has 0 aliphatic carbocycles. The molecule has 4 rings (SSSR count). The van der Waals surface area contributed by atoms with E-state index in [9.17, 15) is 9.59 Å². The van der Waals surface area contributed by atoms with E-state index >= 15 is 0 Å². The second-order valence-electron chi connectivity index (χ2n) is 7.89. The van der Waals surface area contributed by atoms with E-state index in [2.05, 4.69) is 12.2 Å². The summed E-state index contributed by atoms with van der Waals surface area (Å²) >= 11 is 0. The molecule has 1 aromatic heterocycles. The van der Waals surface area contributed by atoms with E-state index in [1.54, 1.807) is 6.26 Å². The molecule has 0 bridgehead atoms. The zero-order chi connectivity index (χ0) is 20.9. The molecule has 1 saturated heterocycles. The smallest absolute Gasteiger partial charge is 0.324 e. The molecule has 7 nitrogen and oxygen atoms in total. The van der Waals surface area contributed by atoms with Gasteiger partial charge in [0, 0.05) is 32.0 Å². The normalized spacial score (nSPS) is 19.2. The lowest BCUT2D eigenvalue weighted by atomic mass is 9.96. The summed E-state index contributed by atoms with van der Waals surface area (Å²) in [5, 5.41) is 3.00. The van der Waals surface area contributed by atoms with Gasteiger partial charge in [-0.3, -0.25) is 9.69 Å². The number of carbonyl (C=O) groups excluding carboxylic acids is 2. The third-order valence-electron chi connectivity index (χ3n) is 5.91. The number of urea groups is 1. The Kier molecular flexibility index (Phi) is 6.26. The van der Waals surface area contributed by atoms with E-state index in [0.29, 0.717) is 45.4 Å². The minimum Gasteiger partial charge on any atom is -0.486 e. The highest BCUT2D eigenvalue weighted by Crippen LogP contribution is 2.35. The molecule has 1 atom stereocenters. The van der Waals surface area contributed by atoms with Gasteiger partial charge in [-0.15, -0.1) is 0 Å². The molecule has 0 saturated carbocycles. The zero-order valence-electron chi connectivity index (χ0n) is 17.4. The van der Waals surface area contributed by atoms with Gasteiger partial charge in [-0.05, 0) is 43.5 Å². The van der Waals surface area contributed by atoms with Crippen molar-refractivity contribution in [1.29, 1.82) is 0 Å². The van der Waals surface area contributed by atoms with Crippen molar-refractivity contribution in [2.24, 2.45) is 5.92 Å². The topological polar surface area (TPSA) is 75.0 Å². The van der Waals surface area contributed by atoms with Gasteiger partial charge in [-0.25, -0.2) is 4.79 Å². The molecule has 1 aromatic carbocycles. The van der Waals surface area contributed by atoms with Crippen LogP contribution in [0.2, 0.25) is 0 Å². The lowest BCUT2D eigenvalue weighted by Crippen LogP contribution is -2.52. The molecule has 1 N–H and O–H groups in total. The van der Waals surface area contributed by atoms with Crippen LogP contribution in [0.3, 0.4) is 0 Å². The van der Waals surface area contributed by atoms with Crippen LogP contribution >= 0.6 is 0 Å². The summed E-state index contributed by atoms with van der Waals surface area (Å²) in [6.45, 7) is 4.36. The molecule has 2 aliphatic rings. The molecule has 3 heterocycles. The fourth-order valence-corrected chi connectivity index (χ4v) is 4.10. The Morgan fingerprint density at radius 3 is 2.67 bits per heavy atom. The van der Waals surface area contributed by atoms with E-state index in [1.165, 1.54) is 0 Å². The number of anilines is 1. The standard InChI is InChI=1S/C23H29N3O4/c1-2-18-16-26(20-7-3-4-8-21(20)30-18)23(28)25-13-10-17(11-14-25)22(27)24-12-9-19-6-5-15-29-19/h3-8,15,17-18H,2,9-14,16H2,1H3,(H,24,27)/t18-/m1/s1. The van der Waals surface area contributed by atoms with Gasteiger partial charge in [0.15, 0.2) is 0 Å². The highest BCUT2D eigenvalue weighted by atomic mass is 16.5. The Morgan fingerprint density at radius 2 is 1.93 bits per heavy atom. The fourth-order valence-electron chi connectivity index (χ4n) is 4.10. The van der Waals surface area contributed by atoms with Crippen molar-refractivity contribution in [3.8, 4) is 5.75 Å². The highest BCUT2D eigenvalue weighted by Gasteiger charge is 2.34. The van der Waals surface area contributed by atoms with Crippen LogP contribution < -0.4 is 15.0 Å². The number of carbonyl (C=O) groups is 2. The van der Waals surface area contributed by atoms with Gasteiger partial charge in [0.1, 0.15) is 17.6 Å². The number of likely N-dealkylation sites (tertiary alicyclic amines) is 1. The van der Waals surface area contributed by atoms with Crippen molar-refractivity contribution in [3.05, 3.63) is 48.4 Å². The molecule has 1 fully saturated rings. The summed E-state index contributed by atoms with van der Waals surface area (Å²) < 4.78 is 11.3. The monoisotopic (exact) mass is 411 g/mol. The number of benzene rings is 1. The first-order valence-electron chi connectivity index (χ1n) is 10.8. The number of nitrogens with zero attached hydrogens (tertiary/aromatic N) is 2. The minimum absolute atomic E-state index is 0.000813. The van der Waals surface area contributed by atoms with Crippen LogP contribution in [0.15, 0.2) is 47.1 Å². The van der Waals surface area contributed by atoms with Crippen LogP contribution in [-0.2, 0) is 11.2 Å². The second-order valence-corrected chi connectivity index (χ2v) is 7.89. The van der Waals surface area contributed by atoms with E-state index < -0.39 is 0 Å². The number of fused-ring (bicyclic) bond motifs is 1. The number of para-hydroxylation sites is 2. The van der Waals surface area contributed by atoms with Crippen molar-refractivity contribution in [2.75, 3.05) is 31.1 Å². The molecule has 2 aromatic rings. The second kappa shape index (κ2) is 9.24. The van der Waals surface area contributed by atoms with E-state index in [4.69, 9.17) is 9.15 Å². The SMILES string of the molecule is CC[C@@H]1CN(C(=O)N2CCC(C(=O)NCCc3ccco3)CC2)c2ccccc2O1. The first-order valence-corrected chi connectivity index (χ1v) is 10.8. The van der Waals surface area contributed by atoms with Crippen LogP contribution in [0.4, 0.5) is 10.5 Å². The molecule has 160 valence electrons. The number of amides is 3. The Balaban J connectivity index is 1.30. The maximum absolute atomic E-state index is 13.2. The van der Waals surface area contributed by atoms with Gasteiger partial charge in [0.2, 0.25) is 5.91 Å². The number of nitrogens with one attached hydrogen (secondary N) is 1. The molecule has 7 heteroatoms. The molecule has 30 heavy (non-hydrogen) atoms. The summed E-state index contributed by atoms with van der Waals surface area (Å²) in [4.78, 5) is 29.4. The number of piperidine rings is 1. The first-order chi connectivity index (χ1) is 14.7. The summed E-state index contributed by atoms with van der Waals surface area (Å²) in [7, 11) is 0. The molecule has 0 spiro atoms. The zero-order valence-corrected chi connectivity index (χ0v) is 17.4. The minimum atomic E-state index is -0.0500. The third-order valence-corrected chi connectivity index (χ3v) is 5.91. The quantitative estimate of drug-likeness (QED) is 0.818. The van der Waals surface area contributed by atoms with E-state index in [0.717, 1.165) is 23.6 Å². The Bertz CT molecular complexity index is 859. The molecule has 2 aliphatic heterocycles. The fraction of sp³-hybridized carbons (Fsp3) is 0.478. The Hall–Kier alpha value is -2.96. The average Bonchev–Trinajstić information content (AvgIpc) is 3.31. The van der Waals surface area contributed by atoms with Crippen LogP contribution in [0.25, 0.3) is 0 Å². The van der Waals surface area contributed by atoms with Crippen LogP contribution in [0, 0.1) is 5.92 Å². The highest BCUT2D eigenvalue weighted by molar-refractivity contribution is 5.94. The summed E-state index contributed by atoms with van der Waals surface area (Å²) in [6.07, 6.45) is 4.53. The van der Waals surface area contributed by atoms with E-state index in [-0.39, 0.29) is 24.0 Å². The number of furan rings is 1. The third kappa shape index (κ3) is 4.45. The first kappa shape index (κ1) is 20.3. The Morgan fingerprint density at radius 1 is 1.13 bits per heavy atom.